The molecule has 0 saturated carbocycles. The van der Waals surface area contributed by atoms with Gasteiger partial charge in [-0.15, -0.1) is 0 Å². The Balaban J connectivity index is 0. The summed E-state index contributed by atoms with van der Waals surface area (Å²) in [4.78, 5) is 0. The second-order valence-electron chi connectivity index (χ2n) is 0. The number of rotatable bonds is 0. The third-order valence-electron chi connectivity index (χ3n) is 0. The standard InChI is InChI=1S/2Na.2H2S.2H/h;;2*1H2;;/q2*+1;;;2*-1. The molecule has 4 heavy (non-hydrogen) atoms. The van der Waals surface area contributed by atoms with Gasteiger partial charge in [0.1, 0.15) is 0 Å². The Bertz CT molecular complexity index is 9.51. The van der Waals surface area contributed by atoms with Gasteiger partial charge in [0.05, 0.1) is 0 Å². The molecule has 0 saturated heterocycles. The van der Waals surface area contributed by atoms with Gasteiger partial charge in [0, 0.05) is 0 Å². The van der Waals surface area contributed by atoms with E-state index >= 15 is 0 Å². The Morgan fingerprint density at radius 1 is 0.750 bits per heavy atom. The van der Waals surface area contributed by atoms with E-state index in [1.54, 1.807) is 0 Å². The molecule has 0 unspecified atom stereocenters. The van der Waals surface area contributed by atoms with Crippen molar-refractivity contribution < 1.29 is 62.0 Å². The summed E-state index contributed by atoms with van der Waals surface area (Å²) in [6.45, 7) is 0. The molecule has 0 atom stereocenters. The van der Waals surface area contributed by atoms with E-state index in [2.05, 4.69) is 0 Å². The van der Waals surface area contributed by atoms with E-state index in [1.807, 2.05) is 0 Å². The van der Waals surface area contributed by atoms with E-state index in [-0.39, 0.29) is 89.0 Å². The van der Waals surface area contributed by atoms with Crippen molar-refractivity contribution in [1.82, 2.24) is 0 Å². The molecule has 4 heteroatoms. The second kappa shape index (κ2) is 17.3. The Labute approximate surface area is 87.6 Å². The van der Waals surface area contributed by atoms with Crippen LogP contribution in [0.5, 0.6) is 0 Å². The van der Waals surface area contributed by atoms with E-state index < -0.39 is 0 Å². The van der Waals surface area contributed by atoms with Crippen LogP contribution in [0.25, 0.3) is 0 Å². The Kier molecular flexibility index (Phi) is 129. The van der Waals surface area contributed by atoms with Crippen LogP contribution in [0.15, 0.2) is 0 Å². The van der Waals surface area contributed by atoms with Crippen LogP contribution >= 0.6 is 27.0 Å². The Hall–Kier alpha value is 2.70. The fraction of sp³-hybridized carbons (Fsp3) is 0. The van der Waals surface area contributed by atoms with Gasteiger partial charge in [-0.25, -0.2) is 0 Å². The van der Waals surface area contributed by atoms with E-state index in [9.17, 15) is 0 Å². The van der Waals surface area contributed by atoms with Gasteiger partial charge in [-0.1, -0.05) is 0 Å². The van der Waals surface area contributed by atoms with Gasteiger partial charge in [0.25, 0.3) is 0 Å². The van der Waals surface area contributed by atoms with Crippen LogP contribution in [0, 0.1) is 0 Å². The molecule has 0 aromatic heterocycles. The zero-order chi connectivity index (χ0) is 0. The van der Waals surface area contributed by atoms with Crippen LogP contribution in [0.4, 0.5) is 0 Å². The normalized spacial score (nSPS) is 0. The van der Waals surface area contributed by atoms with Crippen molar-refractivity contribution in [3.63, 3.8) is 0 Å². The van der Waals surface area contributed by atoms with Crippen molar-refractivity contribution in [2.75, 3.05) is 0 Å². The predicted molar refractivity (Wildman–Crippen MR) is 23.0 cm³/mol. The number of hydrogen-bond donors (Lipinski definition) is 0. The molecule has 0 amide bonds. The molecule has 0 bridgehead atoms. The van der Waals surface area contributed by atoms with Gasteiger partial charge in [-0.2, -0.15) is 27.0 Å². The first kappa shape index (κ1) is 29.9. The van der Waals surface area contributed by atoms with Gasteiger partial charge in [-0.05, 0) is 0 Å². The van der Waals surface area contributed by atoms with Crippen LogP contribution in [0.2, 0.25) is 0 Å². The molecule has 0 aromatic rings. The summed E-state index contributed by atoms with van der Waals surface area (Å²) >= 11 is 0. The van der Waals surface area contributed by atoms with Crippen LogP contribution in [-0.4, -0.2) is 0 Å². The van der Waals surface area contributed by atoms with Crippen LogP contribution in [0.1, 0.15) is 2.85 Å². The molecule has 0 heterocycles. The van der Waals surface area contributed by atoms with Gasteiger partial charge < -0.3 is 2.85 Å². The average Bonchev–Trinajstić information content (AvgIpc) is 0. The first-order valence-corrected chi connectivity index (χ1v) is 0. The molecule has 0 aliphatic heterocycles. The van der Waals surface area contributed by atoms with E-state index in [0.29, 0.717) is 0 Å². The van der Waals surface area contributed by atoms with Crippen molar-refractivity contribution in [2.24, 2.45) is 0 Å². The fourth-order valence-corrected chi connectivity index (χ4v) is 0. The maximum Gasteiger partial charge on any atom is 1.00 e. The average molecular weight is 116 g/mol. The quantitative estimate of drug-likeness (QED) is 0.277. The SMILES string of the molecule is S.S.[H-].[H-].[Na+].[Na+]. The molecule has 0 spiro atoms. The van der Waals surface area contributed by atoms with E-state index in [0.717, 1.165) is 0 Å². The van der Waals surface area contributed by atoms with E-state index in [4.69, 9.17) is 0 Å². The minimum absolute atomic E-state index is 0. The molecule has 0 N–H and O–H groups in total. The number of hydrogen-bond acceptors (Lipinski definition) is 0. The molecular formula is H6Na2S2. The zero-order valence-corrected chi connectivity index (χ0v) is 9.00. The second-order valence-corrected chi connectivity index (χ2v) is 0. The predicted octanol–water partition coefficient (Wildman–Crippen LogP) is -5.54. The molecular weight excluding hydrogens is 110 g/mol. The molecule has 0 aromatic carbocycles. The first-order valence-electron chi connectivity index (χ1n) is 0. The summed E-state index contributed by atoms with van der Waals surface area (Å²) in [6, 6.07) is 0. The third-order valence-corrected chi connectivity index (χ3v) is 0. The van der Waals surface area contributed by atoms with Crippen LogP contribution < -0.4 is 59.1 Å². The minimum Gasteiger partial charge on any atom is -1.00 e. The Morgan fingerprint density at radius 2 is 0.750 bits per heavy atom. The fourth-order valence-electron chi connectivity index (χ4n) is 0. The molecule has 0 aliphatic rings. The molecule has 0 nitrogen and oxygen atoms in total. The molecule has 20 valence electrons. The van der Waals surface area contributed by atoms with Gasteiger partial charge in [0.2, 0.25) is 0 Å². The maximum atomic E-state index is 0. The van der Waals surface area contributed by atoms with Crippen molar-refractivity contribution in [3.05, 3.63) is 0 Å². The summed E-state index contributed by atoms with van der Waals surface area (Å²) in [6.07, 6.45) is 0. The monoisotopic (exact) mass is 116 g/mol. The summed E-state index contributed by atoms with van der Waals surface area (Å²) < 4.78 is 0. The van der Waals surface area contributed by atoms with E-state index in [1.165, 1.54) is 0 Å². The minimum atomic E-state index is 0. The zero-order valence-electron chi connectivity index (χ0n) is 5.00. The summed E-state index contributed by atoms with van der Waals surface area (Å²) in [5.74, 6) is 0. The van der Waals surface area contributed by atoms with Crippen molar-refractivity contribution >= 4 is 27.0 Å². The van der Waals surface area contributed by atoms with Crippen molar-refractivity contribution in [3.8, 4) is 0 Å². The summed E-state index contributed by atoms with van der Waals surface area (Å²) in [5.41, 5.74) is 0. The van der Waals surface area contributed by atoms with Crippen molar-refractivity contribution in [2.45, 2.75) is 0 Å². The molecule has 0 radical (unpaired) electrons. The molecule has 0 rings (SSSR count). The van der Waals surface area contributed by atoms with Crippen LogP contribution in [-0.2, 0) is 0 Å². The first-order chi connectivity index (χ1) is 0. The summed E-state index contributed by atoms with van der Waals surface area (Å²) in [5, 5.41) is 0. The van der Waals surface area contributed by atoms with Gasteiger partial charge >= 0.3 is 59.1 Å². The Morgan fingerprint density at radius 3 is 0.750 bits per heavy atom. The molecule has 0 fully saturated rings. The molecule has 0 aliphatic carbocycles. The summed E-state index contributed by atoms with van der Waals surface area (Å²) in [7, 11) is 0. The third kappa shape index (κ3) is 8.83. The van der Waals surface area contributed by atoms with Gasteiger partial charge in [-0.3, -0.25) is 0 Å². The van der Waals surface area contributed by atoms with Crippen LogP contribution in [0.3, 0.4) is 0 Å². The topological polar surface area (TPSA) is 0 Å². The largest absolute Gasteiger partial charge is 1.00 e. The maximum absolute atomic E-state index is 0. The van der Waals surface area contributed by atoms with Gasteiger partial charge in [0.15, 0.2) is 0 Å². The van der Waals surface area contributed by atoms with Crippen molar-refractivity contribution in [1.29, 1.82) is 0 Å². The smallest absolute Gasteiger partial charge is 1.00 e.